The van der Waals surface area contributed by atoms with Crippen molar-refractivity contribution in [1.29, 1.82) is 0 Å². The van der Waals surface area contributed by atoms with Crippen molar-refractivity contribution in [2.75, 3.05) is 45.3 Å². The van der Waals surface area contributed by atoms with E-state index < -0.39 is 0 Å². The third-order valence-corrected chi connectivity index (χ3v) is 8.11. The maximum Gasteiger partial charge on any atom is 0.186 e. The van der Waals surface area contributed by atoms with Gasteiger partial charge in [-0.1, -0.05) is 35.6 Å². The topological polar surface area (TPSA) is 81.4 Å². The predicted octanol–water partition coefficient (Wildman–Crippen LogP) is 4.40. The Morgan fingerprint density at radius 1 is 0.949 bits per heavy atom. The molecular weight excluding hydrogens is 517 g/mol. The van der Waals surface area contributed by atoms with Crippen molar-refractivity contribution in [3.8, 4) is 11.5 Å². The first-order valence-corrected chi connectivity index (χ1v) is 13.5. The fourth-order valence-corrected chi connectivity index (χ4v) is 6.02. The number of para-hydroxylation sites is 1. The van der Waals surface area contributed by atoms with Crippen LogP contribution in [0.15, 0.2) is 66.7 Å². The summed E-state index contributed by atoms with van der Waals surface area (Å²) in [5.41, 5.74) is 2.85. The second kappa shape index (κ2) is 11.0. The Bertz CT molecular complexity index is 1530. The monoisotopic (exact) mass is 545 g/mol. The lowest BCUT2D eigenvalue weighted by molar-refractivity contribution is 0.197. The molecule has 3 heterocycles. The number of aromatic nitrogens is 5. The van der Waals surface area contributed by atoms with E-state index in [1.54, 1.807) is 42.4 Å². The van der Waals surface area contributed by atoms with E-state index >= 15 is 0 Å². The molecule has 0 unspecified atom stereocenters. The molecule has 0 amide bonds. The van der Waals surface area contributed by atoms with Gasteiger partial charge in [-0.15, -0.1) is 5.10 Å². The Kier molecular flexibility index (Phi) is 7.08. The molecule has 3 aromatic carbocycles. The van der Waals surface area contributed by atoms with Crippen LogP contribution in [0.2, 0.25) is 0 Å². The van der Waals surface area contributed by atoms with Gasteiger partial charge in [-0.3, -0.25) is 4.90 Å². The number of benzene rings is 3. The first kappa shape index (κ1) is 25.2. The predicted molar refractivity (Wildman–Crippen MR) is 148 cm³/mol. The van der Waals surface area contributed by atoms with Gasteiger partial charge in [0.05, 0.1) is 31.0 Å². The van der Waals surface area contributed by atoms with Crippen LogP contribution in [0, 0.1) is 5.82 Å². The molecule has 0 saturated carbocycles. The Morgan fingerprint density at radius 2 is 1.74 bits per heavy atom. The summed E-state index contributed by atoms with van der Waals surface area (Å²) in [6, 6.07) is 20.1. The van der Waals surface area contributed by atoms with Crippen molar-refractivity contribution >= 4 is 26.7 Å². The SMILES string of the molecule is COc1ccc(OC)c([C@H](c2nnnn2Cc2ccc(F)cc2)N2CCN(c3nc4ccccc4s3)CC2)c1. The number of rotatable bonds is 8. The number of ether oxygens (including phenoxy) is 2. The number of anilines is 1. The average Bonchev–Trinajstić information content (AvgIpc) is 3.62. The van der Waals surface area contributed by atoms with Gasteiger partial charge >= 0.3 is 0 Å². The van der Waals surface area contributed by atoms with E-state index in [-0.39, 0.29) is 11.9 Å². The Labute approximate surface area is 229 Å². The van der Waals surface area contributed by atoms with Gasteiger partial charge in [0.1, 0.15) is 23.4 Å². The zero-order valence-corrected chi connectivity index (χ0v) is 22.5. The number of hydrogen-bond acceptors (Lipinski definition) is 9. The molecule has 1 aliphatic heterocycles. The van der Waals surface area contributed by atoms with E-state index in [4.69, 9.17) is 14.5 Å². The van der Waals surface area contributed by atoms with E-state index in [0.29, 0.717) is 12.4 Å². The van der Waals surface area contributed by atoms with Crippen LogP contribution in [0.1, 0.15) is 23.0 Å². The van der Waals surface area contributed by atoms with Crippen LogP contribution in [0.5, 0.6) is 11.5 Å². The molecule has 9 nitrogen and oxygen atoms in total. The van der Waals surface area contributed by atoms with Gasteiger partial charge in [0, 0.05) is 31.7 Å². The van der Waals surface area contributed by atoms with Crippen LogP contribution in [-0.4, -0.2) is 70.5 Å². The number of thiazole rings is 1. The number of methoxy groups -OCH3 is 2. The lowest BCUT2D eigenvalue weighted by atomic mass is 10.0. The van der Waals surface area contributed by atoms with Gasteiger partial charge in [0.2, 0.25) is 0 Å². The van der Waals surface area contributed by atoms with Gasteiger partial charge in [-0.25, -0.2) is 14.1 Å². The highest BCUT2D eigenvalue weighted by Crippen LogP contribution is 2.38. The zero-order chi connectivity index (χ0) is 26.8. The lowest BCUT2D eigenvalue weighted by Crippen LogP contribution is -2.48. The summed E-state index contributed by atoms with van der Waals surface area (Å²) < 4.78 is 27.8. The molecule has 6 rings (SSSR count). The van der Waals surface area contributed by atoms with Crippen molar-refractivity contribution in [3.05, 3.63) is 89.5 Å². The van der Waals surface area contributed by atoms with Crippen molar-refractivity contribution < 1.29 is 13.9 Å². The molecule has 0 N–H and O–H groups in total. The van der Waals surface area contributed by atoms with Crippen molar-refractivity contribution in [2.45, 2.75) is 12.6 Å². The first-order chi connectivity index (χ1) is 19.1. The fourth-order valence-electron chi connectivity index (χ4n) is 5.00. The third kappa shape index (κ3) is 5.15. The summed E-state index contributed by atoms with van der Waals surface area (Å²) in [6.45, 7) is 3.57. The first-order valence-electron chi connectivity index (χ1n) is 12.7. The van der Waals surface area contributed by atoms with Crippen molar-refractivity contribution in [2.24, 2.45) is 0 Å². The van der Waals surface area contributed by atoms with E-state index in [0.717, 1.165) is 59.5 Å². The Morgan fingerprint density at radius 3 is 2.49 bits per heavy atom. The minimum atomic E-state index is -0.289. The number of hydrogen-bond donors (Lipinski definition) is 0. The highest BCUT2D eigenvalue weighted by atomic mass is 32.1. The normalized spacial score (nSPS) is 15.0. The highest BCUT2D eigenvalue weighted by molar-refractivity contribution is 7.22. The molecule has 5 aromatic rings. The molecule has 11 heteroatoms. The number of tetrazole rings is 1. The van der Waals surface area contributed by atoms with Gasteiger partial charge in [-0.2, -0.15) is 0 Å². The number of fused-ring (bicyclic) bond motifs is 1. The third-order valence-electron chi connectivity index (χ3n) is 7.01. The summed E-state index contributed by atoms with van der Waals surface area (Å²) in [7, 11) is 3.31. The maximum absolute atomic E-state index is 13.5. The molecule has 200 valence electrons. The van der Waals surface area contributed by atoms with Crippen LogP contribution >= 0.6 is 11.3 Å². The molecule has 1 atom stereocenters. The molecule has 0 radical (unpaired) electrons. The molecule has 0 aliphatic carbocycles. The molecule has 2 aromatic heterocycles. The summed E-state index contributed by atoms with van der Waals surface area (Å²) in [6.07, 6.45) is 0. The quantitative estimate of drug-likeness (QED) is 0.284. The molecule has 1 fully saturated rings. The summed E-state index contributed by atoms with van der Waals surface area (Å²) in [5.74, 6) is 1.85. The number of halogens is 1. The summed E-state index contributed by atoms with van der Waals surface area (Å²) >= 11 is 1.72. The van der Waals surface area contributed by atoms with Gasteiger partial charge in [0.15, 0.2) is 11.0 Å². The van der Waals surface area contributed by atoms with Crippen molar-refractivity contribution in [1.82, 2.24) is 30.1 Å². The smallest absolute Gasteiger partial charge is 0.186 e. The van der Waals surface area contributed by atoms with Crippen LogP contribution in [0.3, 0.4) is 0 Å². The minimum absolute atomic E-state index is 0.277. The van der Waals surface area contributed by atoms with Gasteiger partial charge < -0.3 is 14.4 Å². The number of piperazine rings is 1. The average molecular weight is 546 g/mol. The standard InChI is InChI=1S/C28H28FN7O2S/c1-37-21-11-12-24(38-2)22(17-21)26(27-31-32-33-36(27)18-19-7-9-20(29)10-8-19)34-13-15-35(16-14-34)28-30-23-5-3-4-6-25(23)39-28/h3-12,17,26H,13-16,18H2,1-2H3/t26-/m1/s1. The molecule has 0 spiro atoms. The van der Waals surface area contributed by atoms with Crippen molar-refractivity contribution in [3.63, 3.8) is 0 Å². The van der Waals surface area contributed by atoms with E-state index in [9.17, 15) is 4.39 Å². The maximum atomic E-state index is 13.5. The zero-order valence-electron chi connectivity index (χ0n) is 21.7. The Hall–Kier alpha value is -4.09. The van der Waals surface area contributed by atoms with Crippen LogP contribution < -0.4 is 14.4 Å². The van der Waals surface area contributed by atoms with Crippen LogP contribution in [-0.2, 0) is 6.54 Å². The van der Waals surface area contributed by atoms with E-state index in [1.807, 2.05) is 30.3 Å². The summed E-state index contributed by atoms with van der Waals surface area (Å²) in [4.78, 5) is 9.56. The largest absolute Gasteiger partial charge is 0.497 e. The van der Waals surface area contributed by atoms with E-state index in [2.05, 4.69) is 37.5 Å². The second-order valence-corrected chi connectivity index (χ2v) is 10.3. The lowest BCUT2D eigenvalue weighted by Gasteiger charge is -2.39. The summed E-state index contributed by atoms with van der Waals surface area (Å²) in [5, 5.41) is 13.9. The molecule has 1 saturated heterocycles. The number of nitrogens with zero attached hydrogens (tertiary/aromatic N) is 7. The van der Waals surface area contributed by atoms with Crippen LogP contribution in [0.25, 0.3) is 10.2 Å². The fraction of sp³-hybridized carbons (Fsp3) is 0.286. The van der Waals surface area contributed by atoms with Gasteiger partial charge in [0.25, 0.3) is 0 Å². The highest BCUT2D eigenvalue weighted by Gasteiger charge is 2.33. The van der Waals surface area contributed by atoms with Crippen LogP contribution in [0.4, 0.5) is 9.52 Å². The second-order valence-electron chi connectivity index (χ2n) is 9.32. The van der Waals surface area contributed by atoms with Gasteiger partial charge in [-0.05, 0) is 58.5 Å². The molecule has 1 aliphatic rings. The molecule has 39 heavy (non-hydrogen) atoms. The van der Waals surface area contributed by atoms with E-state index in [1.165, 1.54) is 16.8 Å². The molecule has 0 bridgehead atoms. The Balaban J connectivity index is 1.33. The molecular formula is C28H28FN7O2S. The minimum Gasteiger partial charge on any atom is -0.497 e.